The van der Waals surface area contributed by atoms with Crippen molar-refractivity contribution in [1.82, 2.24) is 0 Å². The zero-order chi connectivity index (χ0) is 12.4. The number of para-hydroxylation sites is 4. The van der Waals surface area contributed by atoms with Gasteiger partial charge < -0.3 is 18.0 Å². The van der Waals surface area contributed by atoms with E-state index in [0.29, 0.717) is 11.5 Å². The van der Waals surface area contributed by atoms with Gasteiger partial charge in [-0.1, -0.05) is 24.3 Å². The Kier molecular flexibility index (Phi) is 2.82. The van der Waals surface area contributed by atoms with Crippen LogP contribution in [0.1, 0.15) is 0 Å². The molecule has 0 amide bonds. The summed E-state index contributed by atoms with van der Waals surface area (Å²) in [4.78, 5) is 0. The molecule has 0 spiro atoms. The maximum atomic E-state index is 5.71. The molecular weight excluding hydrogens is 248 g/mol. The van der Waals surface area contributed by atoms with Gasteiger partial charge >= 0.3 is 9.53 Å². The summed E-state index contributed by atoms with van der Waals surface area (Å²) in [6, 6.07) is 14.9. The highest BCUT2D eigenvalue weighted by Crippen LogP contribution is 2.34. The predicted molar refractivity (Wildman–Crippen MR) is 67.1 cm³/mol. The van der Waals surface area contributed by atoms with Crippen molar-refractivity contribution in [3.05, 3.63) is 48.5 Å². The van der Waals surface area contributed by atoms with E-state index in [-0.39, 0.29) is 0 Å². The quantitative estimate of drug-likeness (QED) is 0.794. The van der Waals surface area contributed by atoms with Crippen LogP contribution >= 0.6 is 0 Å². The van der Waals surface area contributed by atoms with Gasteiger partial charge in [0.05, 0.1) is 7.11 Å². The van der Waals surface area contributed by atoms with Gasteiger partial charge in [0.1, 0.15) is 11.5 Å². The topological polar surface area (TPSA) is 36.9 Å². The smallest absolute Gasteiger partial charge is 0.493 e. The van der Waals surface area contributed by atoms with E-state index in [9.17, 15) is 0 Å². The van der Waals surface area contributed by atoms with Gasteiger partial charge in [-0.3, -0.25) is 0 Å². The van der Waals surface area contributed by atoms with Crippen molar-refractivity contribution >= 4 is 9.53 Å². The van der Waals surface area contributed by atoms with Crippen LogP contribution in [0, 0.1) is 0 Å². The zero-order valence-corrected chi connectivity index (χ0v) is 10.8. The summed E-state index contributed by atoms with van der Waals surface area (Å²) in [6.45, 7) is 0. The molecule has 1 radical (unpaired) electrons. The highest BCUT2D eigenvalue weighted by molar-refractivity contribution is 6.41. The fraction of sp³-hybridized carbons (Fsp3) is 0.0769. The third kappa shape index (κ3) is 2.00. The summed E-state index contributed by atoms with van der Waals surface area (Å²) in [6.07, 6.45) is 0. The molecule has 4 nitrogen and oxygen atoms in total. The Labute approximate surface area is 107 Å². The summed E-state index contributed by atoms with van der Waals surface area (Å²) < 4.78 is 22.1. The van der Waals surface area contributed by atoms with E-state index in [1.165, 1.54) is 0 Å². The lowest BCUT2D eigenvalue weighted by atomic mass is 10.3. The monoisotopic (exact) mass is 259 g/mol. The Morgan fingerprint density at radius 3 is 2.00 bits per heavy atom. The van der Waals surface area contributed by atoms with E-state index in [2.05, 4.69) is 0 Å². The van der Waals surface area contributed by atoms with Gasteiger partial charge in [0.25, 0.3) is 0 Å². The molecule has 0 unspecified atom stereocenters. The molecule has 1 aliphatic rings. The molecular formula is C13H11O4Si. The average molecular weight is 259 g/mol. The molecule has 0 N–H and O–H groups in total. The summed E-state index contributed by atoms with van der Waals surface area (Å²) >= 11 is 0. The molecule has 5 heteroatoms. The minimum absolute atomic E-state index is 0.627. The Morgan fingerprint density at radius 2 is 1.39 bits per heavy atom. The maximum Gasteiger partial charge on any atom is 0.818 e. The number of fused-ring (bicyclic) bond motifs is 1. The van der Waals surface area contributed by atoms with Crippen LogP contribution in [-0.2, 0) is 0 Å². The predicted octanol–water partition coefficient (Wildman–Crippen LogP) is 2.53. The Morgan fingerprint density at radius 1 is 0.833 bits per heavy atom. The minimum atomic E-state index is -1.83. The van der Waals surface area contributed by atoms with Crippen molar-refractivity contribution in [2.75, 3.05) is 7.11 Å². The standard InChI is InChI=1S/C13H11O4Si/c1-14-10-6-2-3-7-11(10)15-18-16-12-8-4-5-9-13(12)17-18/h2-9H,1H3. The van der Waals surface area contributed by atoms with Gasteiger partial charge in [0.2, 0.25) is 0 Å². The van der Waals surface area contributed by atoms with E-state index >= 15 is 0 Å². The summed E-state index contributed by atoms with van der Waals surface area (Å²) in [5.74, 6) is 2.74. The molecule has 1 heterocycles. The van der Waals surface area contributed by atoms with Crippen LogP contribution in [0.3, 0.4) is 0 Å². The fourth-order valence-corrected chi connectivity index (χ4v) is 2.82. The van der Waals surface area contributed by atoms with Gasteiger partial charge in [-0.15, -0.1) is 0 Å². The SMILES string of the molecule is COc1ccccc1O[Si]1Oc2ccccc2O1. The van der Waals surface area contributed by atoms with Crippen LogP contribution in [0.4, 0.5) is 0 Å². The first kappa shape index (κ1) is 11.0. The summed E-state index contributed by atoms with van der Waals surface area (Å²) in [7, 11) is -0.232. The molecule has 3 rings (SSSR count). The summed E-state index contributed by atoms with van der Waals surface area (Å²) in [5.41, 5.74) is 0. The third-order valence-corrected chi connectivity index (χ3v) is 3.66. The van der Waals surface area contributed by atoms with Crippen molar-refractivity contribution in [2.24, 2.45) is 0 Å². The second-order valence-electron chi connectivity index (χ2n) is 3.65. The lowest BCUT2D eigenvalue weighted by Crippen LogP contribution is -2.32. The molecule has 1 aliphatic heterocycles. The zero-order valence-electron chi connectivity index (χ0n) is 9.75. The average Bonchev–Trinajstić information content (AvgIpc) is 2.81. The molecule has 0 saturated carbocycles. The van der Waals surface area contributed by atoms with Crippen molar-refractivity contribution in [3.63, 3.8) is 0 Å². The van der Waals surface area contributed by atoms with Crippen molar-refractivity contribution < 1.29 is 18.0 Å². The first-order chi connectivity index (χ1) is 8.86. The van der Waals surface area contributed by atoms with Crippen LogP contribution in [-0.4, -0.2) is 16.6 Å². The van der Waals surface area contributed by atoms with E-state index < -0.39 is 9.53 Å². The Balaban J connectivity index is 1.76. The minimum Gasteiger partial charge on any atom is -0.493 e. The van der Waals surface area contributed by atoms with Crippen LogP contribution in [0.5, 0.6) is 23.0 Å². The molecule has 18 heavy (non-hydrogen) atoms. The van der Waals surface area contributed by atoms with E-state index in [4.69, 9.17) is 18.0 Å². The molecule has 0 bridgehead atoms. The van der Waals surface area contributed by atoms with Gasteiger partial charge in [-0.05, 0) is 24.3 Å². The highest BCUT2D eigenvalue weighted by Gasteiger charge is 2.36. The largest absolute Gasteiger partial charge is 0.818 e. The number of rotatable bonds is 3. The first-order valence-corrected chi connectivity index (χ1v) is 6.72. The number of methoxy groups -OCH3 is 1. The van der Waals surface area contributed by atoms with E-state index in [1.807, 2.05) is 48.5 Å². The molecule has 2 aromatic rings. The number of hydrogen-bond donors (Lipinski definition) is 0. The van der Waals surface area contributed by atoms with Gasteiger partial charge in [-0.25, -0.2) is 0 Å². The highest BCUT2D eigenvalue weighted by atomic mass is 28.3. The van der Waals surface area contributed by atoms with Crippen molar-refractivity contribution in [2.45, 2.75) is 0 Å². The molecule has 0 aliphatic carbocycles. The Bertz CT molecular complexity index is 533. The fourth-order valence-electron chi connectivity index (χ4n) is 1.65. The van der Waals surface area contributed by atoms with Gasteiger partial charge in [-0.2, -0.15) is 0 Å². The summed E-state index contributed by atoms with van der Waals surface area (Å²) in [5, 5.41) is 0. The molecule has 0 aromatic heterocycles. The molecule has 91 valence electrons. The van der Waals surface area contributed by atoms with Crippen molar-refractivity contribution in [3.8, 4) is 23.0 Å². The maximum absolute atomic E-state index is 5.71. The van der Waals surface area contributed by atoms with E-state index in [0.717, 1.165) is 11.5 Å². The first-order valence-electron chi connectivity index (χ1n) is 5.49. The van der Waals surface area contributed by atoms with Crippen molar-refractivity contribution in [1.29, 1.82) is 0 Å². The van der Waals surface area contributed by atoms with Gasteiger partial charge in [0, 0.05) is 0 Å². The second-order valence-corrected chi connectivity index (χ2v) is 4.77. The Hall–Kier alpha value is -2.14. The lowest BCUT2D eigenvalue weighted by Gasteiger charge is -2.10. The van der Waals surface area contributed by atoms with Crippen LogP contribution in [0.15, 0.2) is 48.5 Å². The molecule has 0 fully saturated rings. The van der Waals surface area contributed by atoms with Crippen LogP contribution in [0.2, 0.25) is 0 Å². The molecule has 2 aromatic carbocycles. The molecule has 0 saturated heterocycles. The number of hydrogen-bond acceptors (Lipinski definition) is 4. The number of benzene rings is 2. The molecule has 0 atom stereocenters. The van der Waals surface area contributed by atoms with Crippen LogP contribution < -0.4 is 18.0 Å². The third-order valence-electron chi connectivity index (χ3n) is 2.50. The number of ether oxygens (including phenoxy) is 1. The van der Waals surface area contributed by atoms with E-state index in [1.54, 1.807) is 7.11 Å². The lowest BCUT2D eigenvalue weighted by molar-refractivity contribution is 0.331. The second kappa shape index (κ2) is 4.62. The van der Waals surface area contributed by atoms with Crippen LogP contribution in [0.25, 0.3) is 0 Å². The van der Waals surface area contributed by atoms with Gasteiger partial charge in [0.15, 0.2) is 11.5 Å². The normalized spacial score (nSPS) is 13.4.